The fourth-order valence-electron chi connectivity index (χ4n) is 2.43. The van der Waals surface area contributed by atoms with Gasteiger partial charge in [-0.3, -0.25) is 0 Å². The maximum absolute atomic E-state index is 13.2. The van der Waals surface area contributed by atoms with E-state index in [4.69, 9.17) is 16.3 Å². The van der Waals surface area contributed by atoms with Crippen molar-refractivity contribution in [2.24, 2.45) is 0 Å². The van der Waals surface area contributed by atoms with Crippen LogP contribution < -0.4 is 10.1 Å². The van der Waals surface area contributed by atoms with Crippen LogP contribution in [-0.4, -0.2) is 0 Å². The molecule has 0 amide bonds. The SMILES string of the molecule is Cc1ccc(NCc2ccc(OCc3cccc(F)c3)c(Cl)c2)cc1. The number of rotatable bonds is 6. The van der Waals surface area contributed by atoms with E-state index in [2.05, 4.69) is 24.4 Å². The first-order valence-electron chi connectivity index (χ1n) is 8.06. The van der Waals surface area contributed by atoms with Gasteiger partial charge in [-0.15, -0.1) is 0 Å². The Balaban J connectivity index is 1.59. The lowest BCUT2D eigenvalue weighted by molar-refractivity contribution is 0.305. The first-order valence-corrected chi connectivity index (χ1v) is 8.44. The van der Waals surface area contributed by atoms with E-state index in [1.54, 1.807) is 6.07 Å². The predicted molar refractivity (Wildman–Crippen MR) is 101 cm³/mol. The van der Waals surface area contributed by atoms with Crippen LogP contribution in [0.2, 0.25) is 5.02 Å². The van der Waals surface area contributed by atoms with Crippen LogP contribution in [0.15, 0.2) is 66.7 Å². The van der Waals surface area contributed by atoms with Gasteiger partial charge < -0.3 is 10.1 Å². The number of nitrogens with one attached hydrogen (secondary N) is 1. The molecule has 0 spiro atoms. The van der Waals surface area contributed by atoms with Gasteiger partial charge in [-0.05, 0) is 54.4 Å². The van der Waals surface area contributed by atoms with E-state index < -0.39 is 0 Å². The molecular weight excluding hydrogens is 337 g/mol. The van der Waals surface area contributed by atoms with Crippen molar-refractivity contribution >= 4 is 17.3 Å². The van der Waals surface area contributed by atoms with Crippen molar-refractivity contribution < 1.29 is 9.13 Å². The molecule has 0 aliphatic heterocycles. The van der Waals surface area contributed by atoms with E-state index in [0.29, 0.717) is 17.3 Å². The lowest BCUT2D eigenvalue weighted by Crippen LogP contribution is -2.00. The Hall–Kier alpha value is -2.52. The molecule has 0 atom stereocenters. The number of ether oxygens (including phenoxy) is 1. The third-order valence-corrected chi connectivity index (χ3v) is 4.12. The van der Waals surface area contributed by atoms with Gasteiger partial charge in [-0.1, -0.05) is 47.5 Å². The highest BCUT2D eigenvalue weighted by molar-refractivity contribution is 6.32. The van der Waals surface area contributed by atoms with E-state index in [-0.39, 0.29) is 12.4 Å². The first-order chi connectivity index (χ1) is 12.1. The fourth-order valence-corrected chi connectivity index (χ4v) is 2.69. The first kappa shape index (κ1) is 17.3. The molecule has 3 rings (SSSR count). The third kappa shape index (κ3) is 4.97. The summed E-state index contributed by atoms with van der Waals surface area (Å²) >= 11 is 6.30. The van der Waals surface area contributed by atoms with Gasteiger partial charge >= 0.3 is 0 Å². The Bertz CT molecular complexity index is 849. The van der Waals surface area contributed by atoms with Gasteiger partial charge in [-0.2, -0.15) is 0 Å². The molecule has 4 heteroatoms. The second kappa shape index (κ2) is 8.04. The van der Waals surface area contributed by atoms with Crippen molar-refractivity contribution in [3.8, 4) is 5.75 Å². The summed E-state index contributed by atoms with van der Waals surface area (Å²) in [5, 5.41) is 3.90. The second-order valence-electron chi connectivity index (χ2n) is 5.90. The third-order valence-electron chi connectivity index (χ3n) is 3.83. The van der Waals surface area contributed by atoms with Crippen molar-refractivity contribution in [3.63, 3.8) is 0 Å². The molecule has 0 fully saturated rings. The summed E-state index contributed by atoms with van der Waals surface area (Å²) in [6.45, 7) is 3.01. The van der Waals surface area contributed by atoms with Gasteiger partial charge in [0.25, 0.3) is 0 Å². The standard InChI is InChI=1S/C21H19ClFNO/c1-15-5-8-19(9-6-15)24-13-16-7-10-21(20(22)12-16)25-14-17-3-2-4-18(23)11-17/h2-12,24H,13-14H2,1H3. The molecule has 0 radical (unpaired) electrons. The van der Waals surface area contributed by atoms with Gasteiger partial charge in [0, 0.05) is 12.2 Å². The number of hydrogen-bond donors (Lipinski definition) is 1. The largest absolute Gasteiger partial charge is 0.487 e. The molecule has 2 nitrogen and oxygen atoms in total. The summed E-state index contributed by atoms with van der Waals surface area (Å²) in [5.74, 6) is 0.315. The zero-order chi connectivity index (χ0) is 17.6. The molecular formula is C21H19ClFNO. The van der Waals surface area contributed by atoms with Crippen LogP contribution in [0.3, 0.4) is 0 Å². The number of halogens is 2. The Morgan fingerprint density at radius 3 is 2.48 bits per heavy atom. The summed E-state index contributed by atoms with van der Waals surface area (Å²) < 4.78 is 18.9. The fraction of sp³-hybridized carbons (Fsp3) is 0.143. The van der Waals surface area contributed by atoms with Gasteiger partial charge in [0.2, 0.25) is 0 Å². The van der Waals surface area contributed by atoms with Gasteiger partial charge in [-0.25, -0.2) is 4.39 Å². The molecule has 3 aromatic rings. The van der Waals surface area contributed by atoms with Crippen molar-refractivity contribution in [1.82, 2.24) is 0 Å². The molecule has 128 valence electrons. The van der Waals surface area contributed by atoms with Crippen molar-refractivity contribution in [2.75, 3.05) is 5.32 Å². The minimum absolute atomic E-state index is 0.273. The number of hydrogen-bond acceptors (Lipinski definition) is 2. The summed E-state index contributed by atoms with van der Waals surface area (Å²) in [5.41, 5.74) is 4.12. The average Bonchev–Trinajstić information content (AvgIpc) is 2.60. The lowest BCUT2D eigenvalue weighted by atomic mass is 10.2. The quantitative estimate of drug-likeness (QED) is 0.587. The molecule has 0 unspecified atom stereocenters. The van der Waals surface area contributed by atoms with Crippen molar-refractivity contribution in [2.45, 2.75) is 20.1 Å². The smallest absolute Gasteiger partial charge is 0.138 e. The maximum Gasteiger partial charge on any atom is 0.138 e. The highest BCUT2D eigenvalue weighted by Gasteiger charge is 2.05. The second-order valence-corrected chi connectivity index (χ2v) is 6.31. The highest BCUT2D eigenvalue weighted by Crippen LogP contribution is 2.27. The number of anilines is 1. The molecule has 0 bridgehead atoms. The Labute approximate surface area is 152 Å². The van der Waals surface area contributed by atoms with Crippen molar-refractivity contribution in [1.29, 1.82) is 0 Å². The minimum atomic E-state index is -0.273. The topological polar surface area (TPSA) is 21.3 Å². The van der Waals surface area contributed by atoms with E-state index in [9.17, 15) is 4.39 Å². The van der Waals surface area contributed by atoms with Crippen LogP contribution in [0.25, 0.3) is 0 Å². The Morgan fingerprint density at radius 1 is 0.960 bits per heavy atom. The highest BCUT2D eigenvalue weighted by atomic mass is 35.5. The Kier molecular flexibility index (Phi) is 5.56. The molecule has 0 aliphatic carbocycles. The van der Waals surface area contributed by atoms with Crippen LogP contribution in [0.4, 0.5) is 10.1 Å². The summed E-state index contributed by atoms with van der Waals surface area (Å²) in [6.07, 6.45) is 0. The average molecular weight is 356 g/mol. The molecule has 1 N–H and O–H groups in total. The number of aryl methyl sites for hydroxylation is 1. The summed E-state index contributed by atoms with van der Waals surface area (Å²) in [6, 6.07) is 20.3. The van der Waals surface area contributed by atoms with Gasteiger partial charge in [0.05, 0.1) is 5.02 Å². The van der Waals surface area contributed by atoms with Crippen LogP contribution in [0.1, 0.15) is 16.7 Å². The minimum Gasteiger partial charge on any atom is -0.487 e. The monoisotopic (exact) mass is 355 g/mol. The van der Waals surface area contributed by atoms with Gasteiger partial charge in [0.1, 0.15) is 18.2 Å². The summed E-state index contributed by atoms with van der Waals surface area (Å²) in [7, 11) is 0. The van der Waals surface area contributed by atoms with Crippen LogP contribution in [0, 0.1) is 12.7 Å². The van der Waals surface area contributed by atoms with Crippen LogP contribution in [0.5, 0.6) is 5.75 Å². The maximum atomic E-state index is 13.2. The van der Waals surface area contributed by atoms with Crippen LogP contribution in [-0.2, 0) is 13.2 Å². The molecule has 0 saturated carbocycles. The van der Waals surface area contributed by atoms with E-state index in [1.807, 2.05) is 36.4 Å². The van der Waals surface area contributed by atoms with E-state index in [1.165, 1.54) is 17.7 Å². The normalized spacial score (nSPS) is 10.5. The molecule has 3 aromatic carbocycles. The zero-order valence-electron chi connectivity index (χ0n) is 13.9. The zero-order valence-corrected chi connectivity index (χ0v) is 14.7. The lowest BCUT2D eigenvalue weighted by Gasteiger charge is -2.11. The molecule has 0 aromatic heterocycles. The molecule has 25 heavy (non-hydrogen) atoms. The predicted octanol–water partition coefficient (Wildman–Crippen LogP) is 5.98. The van der Waals surface area contributed by atoms with E-state index >= 15 is 0 Å². The summed E-state index contributed by atoms with van der Waals surface area (Å²) in [4.78, 5) is 0. The number of benzene rings is 3. The Morgan fingerprint density at radius 2 is 1.76 bits per heavy atom. The van der Waals surface area contributed by atoms with E-state index in [0.717, 1.165) is 16.8 Å². The molecule has 0 heterocycles. The van der Waals surface area contributed by atoms with Gasteiger partial charge in [0.15, 0.2) is 0 Å². The van der Waals surface area contributed by atoms with Crippen molar-refractivity contribution in [3.05, 3.63) is 94.3 Å². The van der Waals surface area contributed by atoms with Crippen LogP contribution >= 0.6 is 11.6 Å². The molecule has 0 saturated heterocycles. The molecule has 0 aliphatic rings.